The van der Waals surface area contributed by atoms with Gasteiger partial charge < -0.3 is 14.6 Å². The van der Waals surface area contributed by atoms with E-state index in [1.807, 2.05) is 6.08 Å². The van der Waals surface area contributed by atoms with Crippen LogP contribution in [0.4, 0.5) is 0 Å². The highest BCUT2D eigenvalue weighted by Crippen LogP contribution is 2.55. The van der Waals surface area contributed by atoms with Gasteiger partial charge in [0.1, 0.15) is 0 Å². The van der Waals surface area contributed by atoms with Crippen molar-refractivity contribution >= 4 is 0 Å². The Kier molecular flexibility index (Phi) is 2.34. The molecular weight excluding hydrogens is 192 g/mol. The van der Waals surface area contributed by atoms with Gasteiger partial charge in [-0.1, -0.05) is 11.6 Å². The molecule has 3 rings (SSSR count). The number of hydrogen-bond acceptors (Lipinski definition) is 3. The Balaban J connectivity index is 1.82. The average Bonchev–Trinajstić information content (AvgIpc) is 2.89. The second-order valence-electron chi connectivity index (χ2n) is 4.76. The number of hydrogen-bond donors (Lipinski definition) is 1. The average molecular weight is 210 g/mol. The van der Waals surface area contributed by atoms with Gasteiger partial charge in [0.05, 0.1) is 19.8 Å². The molecule has 1 saturated heterocycles. The predicted octanol–water partition coefficient (Wildman–Crippen LogP) is 1.47. The minimum atomic E-state index is -0.254. The smallest absolute Gasteiger partial charge is 0.171 e. The second kappa shape index (κ2) is 3.58. The molecule has 2 aliphatic carbocycles. The van der Waals surface area contributed by atoms with Gasteiger partial charge in [0.25, 0.3) is 0 Å². The predicted molar refractivity (Wildman–Crippen MR) is 55.3 cm³/mol. The fourth-order valence-electron chi connectivity index (χ4n) is 3.62. The standard InChI is InChI=1S/C12H18O3/c13-6-4-9-1-2-11-10(9)3-5-12(11)14-7-8-15-12/h4,10-11,13H,1-3,5-8H2/b9-4+/t10-,11+/m1/s1. The quantitative estimate of drug-likeness (QED) is 0.666. The highest BCUT2D eigenvalue weighted by atomic mass is 16.7. The lowest BCUT2D eigenvalue weighted by molar-refractivity contribution is -0.182. The van der Waals surface area contributed by atoms with Crippen LogP contribution >= 0.6 is 0 Å². The Morgan fingerprint density at radius 1 is 1.33 bits per heavy atom. The van der Waals surface area contributed by atoms with Crippen molar-refractivity contribution in [1.29, 1.82) is 0 Å². The lowest BCUT2D eigenvalue weighted by Gasteiger charge is -2.28. The maximum Gasteiger partial charge on any atom is 0.171 e. The van der Waals surface area contributed by atoms with Gasteiger partial charge in [-0.05, 0) is 25.2 Å². The minimum Gasteiger partial charge on any atom is -0.392 e. The number of aliphatic hydroxyl groups is 1. The molecule has 1 aliphatic heterocycles. The van der Waals surface area contributed by atoms with E-state index in [-0.39, 0.29) is 12.4 Å². The van der Waals surface area contributed by atoms with Crippen LogP contribution in [0.5, 0.6) is 0 Å². The van der Waals surface area contributed by atoms with Crippen molar-refractivity contribution < 1.29 is 14.6 Å². The Morgan fingerprint density at radius 2 is 2.13 bits per heavy atom. The van der Waals surface area contributed by atoms with Crippen molar-refractivity contribution in [2.75, 3.05) is 19.8 Å². The van der Waals surface area contributed by atoms with Gasteiger partial charge in [0.2, 0.25) is 0 Å². The van der Waals surface area contributed by atoms with Crippen LogP contribution < -0.4 is 0 Å². The summed E-state index contributed by atoms with van der Waals surface area (Å²) in [5.41, 5.74) is 1.43. The summed E-state index contributed by atoms with van der Waals surface area (Å²) in [7, 11) is 0. The van der Waals surface area contributed by atoms with Crippen molar-refractivity contribution in [2.45, 2.75) is 31.5 Å². The highest BCUT2D eigenvalue weighted by molar-refractivity contribution is 5.19. The van der Waals surface area contributed by atoms with Gasteiger partial charge >= 0.3 is 0 Å². The second-order valence-corrected chi connectivity index (χ2v) is 4.76. The van der Waals surface area contributed by atoms with Crippen LogP contribution in [0.1, 0.15) is 25.7 Å². The third-order valence-electron chi connectivity index (χ3n) is 4.20. The van der Waals surface area contributed by atoms with E-state index in [0.29, 0.717) is 11.8 Å². The number of rotatable bonds is 1. The van der Waals surface area contributed by atoms with E-state index in [1.165, 1.54) is 5.57 Å². The molecule has 1 spiro atoms. The third-order valence-corrected chi connectivity index (χ3v) is 4.20. The van der Waals surface area contributed by atoms with E-state index in [9.17, 15) is 0 Å². The van der Waals surface area contributed by atoms with E-state index in [0.717, 1.165) is 38.9 Å². The molecule has 15 heavy (non-hydrogen) atoms. The SMILES string of the molecule is OC/C=C1\CC[C@H]2[C@@H]1CCC21OCCO1. The first-order valence-electron chi connectivity index (χ1n) is 5.93. The molecule has 0 aromatic heterocycles. The Hall–Kier alpha value is -0.380. The molecule has 0 unspecified atom stereocenters. The van der Waals surface area contributed by atoms with Crippen LogP contribution in [0, 0.1) is 11.8 Å². The maximum absolute atomic E-state index is 8.96. The van der Waals surface area contributed by atoms with E-state index in [2.05, 4.69) is 0 Å². The van der Waals surface area contributed by atoms with E-state index >= 15 is 0 Å². The fourth-order valence-corrected chi connectivity index (χ4v) is 3.62. The van der Waals surface area contributed by atoms with Crippen molar-refractivity contribution in [2.24, 2.45) is 11.8 Å². The number of allylic oxidation sites excluding steroid dienone is 1. The number of aliphatic hydroxyl groups excluding tert-OH is 1. The fraction of sp³-hybridized carbons (Fsp3) is 0.833. The topological polar surface area (TPSA) is 38.7 Å². The molecule has 3 aliphatic rings. The molecule has 3 fully saturated rings. The van der Waals surface area contributed by atoms with E-state index in [4.69, 9.17) is 14.6 Å². The maximum atomic E-state index is 8.96. The summed E-state index contributed by atoms with van der Waals surface area (Å²) in [4.78, 5) is 0. The molecule has 0 radical (unpaired) electrons. The summed E-state index contributed by atoms with van der Waals surface area (Å²) in [6.45, 7) is 1.68. The Morgan fingerprint density at radius 3 is 2.87 bits per heavy atom. The van der Waals surface area contributed by atoms with Gasteiger partial charge in [-0.2, -0.15) is 0 Å². The first-order chi connectivity index (χ1) is 7.36. The molecule has 1 heterocycles. The molecule has 84 valence electrons. The Bertz CT molecular complexity index is 279. The zero-order chi connectivity index (χ0) is 10.3. The highest BCUT2D eigenvalue weighted by Gasteiger charge is 2.55. The summed E-state index contributed by atoms with van der Waals surface area (Å²) in [6.07, 6.45) is 6.46. The van der Waals surface area contributed by atoms with Crippen LogP contribution in [-0.2, 0) is 9.47 Å². The van der Waals surface area contributed by atoms with Gasteiger partial charge in [0.15, 0.2) is 5.79 Å². The molecule has 0 aromatic carbocycles. The number of ether oxygens (including phenoxy) is 2. The van der Waals surface area contributed by atoms with Gasteiger partial charge in [-0.15, -0.1) is 0 Å². The molecule has 1 N–H and O–H groups in total. The molecule has 2 atom stereocenters. The minimum absolute atomic E-state index is 0.174. The van der Waals surface area contributed by atoms with Gasteiger partial charge in [-0.25, -0.2) is 0 Å². The van der Waals surface area contributed by atoms with Crippen LogP contribution in [0.3, 0.4) is 0 Å². The zero-order valence-electron chi connectivity index (χ0n) is 8.95. The summed E-state index contributed by atoms with van der Waals surface area (Å²) in [5, 5.41) is 8.96. The van der Waals surface area contributed by atoms with Gasteiger partial charge in [0, 0.05) is 12.3 Å². The molecule has 0 amide bonds. The van der Waals surface area contributed by atoms with Crippen LogP contribution in [0.2, 0.25) is 0 Å². The Labute approximate surface area is 90.1 Å². The summed E-state index contributed by atoms with van der Waals surface area (Å²) in [6, 6.07) is 0. The van der Waals surface area contributed by atoms with Crippen LogP contribution in [-0.4, -0.2) is 30.7 Å². The van der Waals surface area contributed by atoms with Crippen molar-refractivity contribution in [3.8, 4) is 0 Å². The molecule has 3 nitrogen and oxygen atoms in total. The summed E-state index contributed by atoms with van der Waals surface area (Å²) >= 11 is 0. The third kappa shape index (κ3) is 1.37. The largest absolute Gasteiger partial charge is 0.392 e. The summed E-state index contributed by atoms with van der Waals surface area (Å²) in [5.74, 6) is 0.892. The first kappa shape index (κ1) is 9.82. The van der Waals surface area contributed by atoms with E-state index in [1.54, 1.807) is 0 Å². The van der Waals surface area contributed by atoms with Crippen LogP contribution in [0.25, 0.3) is 0 Å². The molecule has 0 bridgehead atoms. The van der Waals surface area contributed by atoms with Crippen molar-refractivity contribution in [1.82, 2.24) is 0 Å². The lowest BCUT2D eigenvalue weighted by atomic mass is 9.94. The number of fused-ring (bicyclic) bond motifs is 2. The monoisotopic (exact) mass is 210 g/mol. The van der Waals surface area contributed by atoms with Crippen LogP contribution in [0.15, 0.2) is 11.6 Å². The molecular formula is C12H18O3. The van der Waals surface area contributed by atoms with Crippen molar-refractivity contribution in [3.05, 3.63) is 11.6 Å². The van der Waals surface area contributed by atoms with Crippen molar-refractivity contribution in [3.63, 3.8) is 0 Å². The zero-order valence-corrected chi connectivity index (χ0v) is 8.95. The molecule has 2 saturated carbocycles. The molecule has 0 aromatic rings. The van der Waals surface area contributed by atoms with E-state index < -0.39 is 0 Å². The first-order valence-corrected chi connectivity index (χ1v) is 5.93. The lowest BCUT2D eigenvalue weighted by Crippen LogP contribution is -2.34. The van der Waals surface area contributed by atoms with Gasteiger partial charge in [-0.3, -0.25) is 0 Å². The summed E-state index contributed by atoms with van der Waals surface area (Å²) < 4.78 is 11.7. The molecule has 3 heteroatoms. The normalized spacial score (nSPS) is 40.5.